The Morgan fingerprint density at radius 1 is 0.767 bits per heavy atom. The van der Waals surface area contributed by atoms with Crippen LogP contribution in [0.4, 0.5) is 5.69 Å². The standard InChI is InChI=1S/C24H17NO5/c1-15(21(26)16-8-3-2-4-9-16)30-24(29)17-10-7-11-18(14-17)25-22(27)19-12-5-6-13-20(19)23(25)28/h2-15H,1H3. The Labute approximate surface area is 172 Å². The zero-order chi connectivity index (χ0) is 21.3. The predicted octanol–water partition coefficient (Wildman–Crippen LogP) is 3.92. The molecule has 1 heterocycles. The van der Waals surface area contributed by atoms with E-state index in [9.17, 15) is 19.2 Å². The number of carbonyl (C=O) groups is 4. The Kier molecular flexibility index (Phi) is 4.98. The van der Waals surface area contributed by atoms with E-state index < -0.39 is 23.9 Å². The predicted molar refractivity (Wildman–Crippen MR) is 110 cm³/mol. The number of rotatable bonds is 5. The molecule has 4 rings (SSSR count). The van der Waals surface area contributed by atoms with Gasteiger partial charge in [0.15, 0.2) is 6.10 Å². The van der Waals surface area contributed by atoms with Gasteiger partial charge in [0.2, 0.25) is 5.78 Å². The quantitative estimate of drug-likeness (QED) is 0.369. The second kappa shape index (κ2) is 7.75. The molecular formula is C24H17NO5. The fourth-order valence-corrected chi connectivity index (χ4v) is 3.31. The second-order valence-electron chi connectivity index (χ2n) is 6.82. The fourth-order valence-electron chi connectivity index (χ4n) is 3.31. The molecule has 0 saturated heterocycles. The molecular weight excluding hydrogens is 382 g/mol. The van der Waals surface area contributed by atoms with Crippen molar-refractivity contribution in [1.29, 1.82) is 0 Å². The lowest BCUT2D eigenvalue weighted by Crippen LogP contribution is -2.29. The molecule has 0 fully saturated rings. The summed E-state index contributed by atoms with van der Waals surface area (Å²) in [4.78, 5) is 51.3. The number of nitrogens with zero attached hydrogens (tertiary/aromatic N) is 1. The molecule has 6 nitrogen and oxygen atoms in total. The van der Waals surface area contributed by atoms with Crippen LogP contribution < -0.4 is 4.90 Å². The van der Waals surface area contributed by atoms with Crippen LogP contribution in [-0.2, 0) is 4.74 Å². The van der Waals surface area contributed by atoms with Crippen molar-refractivity contribution in [1.82, 2.24) is 0 Å². The van der Waals surface area contributed by atoms with Gasteiger partial charge < -0.3 is 4.74 Å². The van der Waals surface area contributed by atoms with Crippen LogP contribution in [0.3, 0.4) is 0 Å². The van der Waals surface area contributed by atoms with Crippen molar-refractivity contribution in [3.05, 3.63) is 101 Å². The first-order valence-electron chi connectivity index (χ1n) is 9.35. The molecule has 1 atom stereocenters. The summed E-state index contributed by atoms with van der Waals surface area (Å²) in [6, 6.07) is 21.1. The number of anilines is 1. The van der Waals surface area contributed by atoms with Crippen LogP contribution in [0.5, 0.6) is 0 Å². The first-order chi connectivity index (χ1) is 14.5. The van der Waals surface area contributed by atoms with E-state index in [2.05, 4.69) is 0 Å². The Hall–Kier alpha value is -4.06. The van der Waals surface area contributed by atoms with E-state index in [0.29, 0.717) is 16.7 Å². The molecule has 1 aliphatic heterocycles. The second-order valence-corrected chi connectivity index (χ2v) is 6.82. The van der Waals surface area contributed by atoms with Crippen LogP contribution >= 0.6 is 0 Å². The van der Waals surface area contributed by atoms with Gasteiger partial charge in [-0.25, -0.2) is 9.69 Å². The smallest absolute Gasteiger partial charge is 0.338 e. The first kappa shape index (κ1) is 19.3. The minimum Gasteiger partial charge on any atom is -0.451 e. The van der Waals surface area contributed by atoms with Crippen molar-refractivity contribution in [3.63, 3.8) is 0 Å². The number of ether oxygens (including phenoxy) is 1. The number of Topliss-reactive ketones (excluding diaryl/α,β-unsaturated/α-hetero) is 1. The molecule has 0 aliphatic carbocycles. The molecule has 148 valence electrons. The topological polar surface area (TPSA) is 80.8 Å². The first-order valence-corrected chi connectivity index (χ1v) is 9.35. The maximum absolute atomic E-state index is 12.7. The summed E-state index contributed by atoms with van der Waals surface area (Å²) in [5.41, 5.74) is 1.47. The van der Waals surface area contributed by atoms with Gasteiger partial charge in [-0.15, -0.1) is 0 Å². The van der Waals surface area contributed by atoms with Crippen LogP contribution in [0, 0.1) is 0 Å². The van der Waals surface area contributed by atoms with E-state index in [1.807, 2.05) is 0 Å². The highest BCUT2D eigenvalue weighted by molar-refractivity contribution is 6.34. The van der Waals surface area contributed by atoms with E-state index in [0.717, 1.165) is 4.90 Å². The fraction of sp³-hybridized carbons (Fsp3) is 0.0833. The SMILES string of the molecule is CC(OC(=O)c1cccc(N2C(=O)c3ccccc3C2=O)c1)C(=O)c1ccccc1. The van der Waals surface area contributed by atoms with Gasteiger partial charge in [0, 0.05) is 5.56 Å². The summed E-state index contributed by atoms with van der Waals surface area (Å²) in [6.07, 6.45) is -0.983. The van der Waals surface area contributed by atoms with Gasteiger partial charge in [-0.2, -0.15) is 0 Å². The highest BCUT2D eigenvalue weighted by atomic mass is 16.5. The minimum absolute atomic E-state index is 0.136. The third-order valence-corrected chi connectivity index (χ3v) is 4.85. The van der Waals surface area contributed by atoms with E-state index in [1.165, 1.54) is 19.1 Å². The van der Waals surface area contributed by atoms with Crippen molar-refractivity contribution in [2.45, 2.75) is 13.0 Å². The number of hydrogen-bond acceptors (Lipinski definition) is 5. The van der Waals surface area contributed by atoms with Gasteiger partial charge in [0.05, 0.1) is 22.4 Å². The molecule has 1 unspecified atom stereocenters. The number of amides is 2. The normalized spacial score (nSPS) is 13.7. The van der Waals surface area contributed by atoms with Crippen LogP contribution in [0.2, 0.25) is 0 Å². The number of ketones is 1. The maximum Gasteiger partial charge on any atom is 0.338 e. The molecule has 30 heavy (non-hydrogen) atoms. The summed E-state index contributed by atoms with van der Waals surface area (Å²) >= 11 is 0. The van der Waals surface area contributed by atoms with Gasteiger partial charge in [-0.05, 0) is 37.3 Å². The summed E-state index contributed by atoms with van der Waals surface area (Å²) in [7, 11) is 0. The molecule has 0 bridgehead atoms. The van der Waals surface area contributed by atoms with Crippen molar-refractivity contribution in [3.8, 4) is 0 Å². The number of esters is 1. The van der Waals surface area contributed by atoms with E-state index in [4.69, 9.17) is 4.74 Å². The van der Waals surface area contributed by atoms with Crippen LogP contribution in [0.25, 0.3) is 0 Å². The molecule has 6 heteroatoms. The van der Waals surface area contributed by atoms with E-state index >= 15 is 0 Å². The largest absolute Gasteiger partial charge is 0.451 e. The van der Waals surface area contributed by atoms with Gasteiger partial charge in [-0.1, -0.05) is 48.5 Å². The summed E-state index contributed by atoms with van der Waals surface area (Å²) in [5, 5.41) is 0. The average molecular weight is 399 g/mol. The Bertz CT molecular complexity index is 1130. The number of carbonyl (C=O) groups excluding carboxylic acids is 4. The van der Waals surface area contributed by atoms with Crippen molar-refractivity contribution in [2.24, 2.45) is 0 Å². The van der Waals surface area contributed by atoms with Crippen LogP contribution in [-0.4, -0.2) is 29.7 Å². The van der Waals surface area contributed by atoms with Crippen LogP contribution in [0.15, 0.2) is 78.9 Å². The van der Waals surface area contributed by atoms with Crippen LogP contribution in [0.1, 0.15) is 48.4 Å². The maximum atomic E-state index is 12.7. The lowest BCUT2D eigenvalue weighted by molar-refractivity contribution is 0.0318. The number of imide groups is 1. The van der Waals surface area contributed by atoms with Gasteiger partial charge in [0.25, 0.3) is 11.8 Å². The lowest BCUT2D eigenvalue weighted by Gasteiger charge is -2.16. The third kappa shape index (κ3) is 3.39. The van der Waals surface area contributed by atoms with E-state index in [-0.39, 0.29) is 17.0 Å². The van der Waals surface area contributed by atoms with E-state index in [1.54, 1.807) is 66.7 Å². The minimum atomic E-state index is -0.983. The zero-order valence-corrected chi connectivity index (χ0v) is 16.1. The lowest BCUT2D eigenvalue weighted by atomic mass is 10.1. The molecule has 3 aromatic rings. The zero-order valence-electron chi connectivity index (χ0n) is 16.1. The molecule has 0 aromatic heterocycles. The highest BCUT2D eigenvalue weighted by Gasteiger charge is 2.36. The molecule has 0 N–H and O–H groups in total. The Morgan fingerprint density at radius 2 is 1.33 bits per heavy atom. The Morgan fingerprint density at radius 3 is 1.97 bits per heavy atom. The highest BCUT2D eigenvalue weighted by Crippen LogP contribution is 2.29. The van der Waals surface area contributed by atoms with Gasteiger partial charge in [-0.3, -0.25) is 14.4 Å². The molecule has 2 amide bonds. The summed E-state index contributed by atoms with van der Waals surface area (Å²) in [6.45, 7) is 1.50. The molecule has 0 spiro atoms. The summed E-state index contributed by atoms with van der Waals surface area (Å²) < 4.78 is 5.31. The van der Waals surface area contributed by atoms with Crippen molar-refractivity contribution < 1.29 is 23.9 Å². The van der Waals surface area contributed by atoms with Gasteiger partial charge in [0.1, 0.15) is 0 Å². The average Bonchev–Trinajstić information content (AvgIpc) is 3.04. The number of fused-ring (bicyclic) bond motifs is 1. The third-order valence-electron chi connectivity index (χ3n) is 4.85. The molecule has 0 radical (unpaired) electrons. The number of benzene rings is 3. The monoisotopic (exact) mass is 399 g/mol. The summed E-state index contributed by atoms with van der Waals surface area (Å²) in [5.74, 6) is -1.94. The van der Waals surface area contributed by atoms with Crippen molar-refractivity contribution >= 4 is 29.3 Å². The number of hydrogen-bond donors (Lipinski definition) is 0. The molecule has 3 aromatic carbocycles. The molecule has 0 saturated carbocycles. The van der Waals surface area contributed by atoms with Gasteiger partial charge >= 0.3 is 5.97 Å². The molecule has 1 aliphatic rings. The Balaban J connectivity index is 1.54. The van der Waals surface area contributed by atoms with Crippen molar-refractivity contribution in [2.75, 3.05) is 4.90 Å².